The molecule has 1 aromatic heterocycles. The van der Waals surface area contributed by atoms with E-state index >= 15 is 0 Å². The summed E-state index contributed by atoms with van der Waals surface area (Å²) in [6.45, 7) is 8.91. The number of nitrogens with one attached hydrogen (secondary N) is 1. The molecule has 0 aromatic carbocycles. The lowest BCUT2D eigenvalue weighted by Gasteiger charge is -2.17. The summed E-state index contributed by atoms with van der Waals surface area (Å²) in [5.41, 5.74) is 1.70. The van der Waals surface area contributed by atoms with Gasteiger partial charge in [0, 0.05) is 12.1 Å². The van der Waals surface area contributed by atoms with Crippen LogP contribution in [0.1, 0.15) is 45.6 Å². The Balaban J connectivity index is 0.00000225. The van der Waals surface area contributed by atoms with Crippen LogP contribution in [-0.4, -0.2) is 6.54 Å². The fraction of sp³-hybridized carbons (Fsp3) is 0.692. The first-order valence-electron chi connectivity index (χ1n) is 5.80. The van der Waals surface area contributed by atoms with Crippen LogP contribution in [0.4, 0.5) is 0 Å². The van der Waals surface area contributed by atoms with Gasteiger partial charge in [-0.3, -0.25) is 0 Å². The van der Waals surface area contributed by atoms with Crippen molar-refractivity contribution in [3.05, 3.63) is 24.2 Å². The number of halogens is 1. The van der Waals surface area contributed by atoms with E-state index in [0.717, 1.165) is 13.1 Å². The van der Waals surface area contributed by atoms with Crippen LogP contribution in [-0.2, 0) is 6.54 Å². The molecule has 0 spiro atoms. The Kier molecular flexibility index (Phi) is 7.52. The van der Waals surface area contributed by atoms with Gasteiger partial charge in [-0.1, -0.05) is 27.2 Å². The second-order valence-corrected chi connectivity index (χ2v) is 5.33. The molecule has 1 rings (SSSR count). The highest BCUT2D eigenvalue weighted by molar-refractivity contribution is 5.85. The summed E-state index contributed by atoms with van der Waals surface area (Å²) in [6, 6.07) is 2.00. The third-order valence-electron chi connectivity index (χ3n) is 2.44. The average molecular weight is 246 g/mol. The van der Waals surface area contributed by atoms with Gasteiger partial charge in [-0.05, 0) is 30.9 Å². The Labute approximate surface area is 105 Å². The average Bonchev–Trinajstić information content (AvgIpc) is 2.61. The molecule has 0 fully saturated rings. The highest BCUT2D eigenvalue weighted by Gasteiger charge is 2.08. The summed E-state index contributed by atoms with van der Waals surface area (Å²) in [5.74, 6) is 0. The molecule has 0 bridgehead atoms. The fourth-order valence-electron chi connectivity index (χ4n) is 1.53. The Morgan fingerprint density at radius 1 is 1.25 bits per heavy atom. The number of rotatable bonds is 6. The molecule has 0 unspecified atom stereocenters. The van der Waals surface area contributed by atoms with Crippen LogP contribution < -0.4 is 5.32 Å². The minimum Gasteiger partial charge on any atom is -0.472 e. The van der Waals surface area contributed by atoms with E-state index < -0.39 is 0 Å². The first kappa shape index (κ1) is 15.5. The van der Waals surface area contributed by atoms with Gasteiger partial charge in [-0.15, -0.1) is 12.4 Å². The first-order valence-corrected chi connectivity index (χ1v) is 5.80. The van der Waals surface area contributed by atoms with Crippen LogP contribution in [0.25, 0.3) is 0 Å². The molecule has 1 N–H and O–H groups in total. The van der Waals surface area contributed by atoms with Crippen molar-refractivity contribution in [3.63, 3.8) is 0 Å². The van der Waals surface area contributed by atoms with Crippen LogP contribution >= 0.6 is 12.4 Å². The number of hydrogen-bond acceptors (Lipinski definition) is 2. The maximum atomic E-state index is 5.00. The zero-order valence-corrected chi connectivity index (χ0v) is 11.4. The van der Waals surface area contributed by atoms with Crippen molar-refractivity contribution in [1.82, 2.24) is 5.32 Å². The van der Waals surface area contributed by atoms with Crippen LogP contribution in [0.5, 0.6) is 0 Å². The van der Waals surface area contributed by atoms with E-state index in [1.165, 1.54) is 24.8 Å². The van der Waals surface area contributed by atoms with E-state index in [1.807, 2.05) is 6.07 Å². The minimum atomic E-state index is 0. The van der Waals surface area contributed by atoms with E-state index in [9.17, 15) is 0 Å². The second-order valence-electron chi connectivity index (χ2n) is 5.33. The van der Waals surface area contributed by atoms with Gasteiger partial charge in [0.15, 0.2) is 0 Å². The summed E-state index contributed by atoms with van der Waals surface area (Å²) in [4.78, 5) is 0. The third-order valence-corrected chi connectivity index (χ3v) is 2.44. The quantitative estimate of drug-likeness (QED) is 0.767. The molecule has 0 aliphatic rings. The zero-order valence-electron chi connectivity index (χ0n) is 10.6. The molecule has 2 nitrogen and oxygen atoms in total. The fourth-order valence-corrected chi connectivity index (χ4v) is 1.53. The van der Waals surface area contributed by atoms with E-state index in [0.29, 0.717) is 5.41 Å². The zero-order chi connectivity index (χ0) is 11.1. The molecular formula is C13H24ClNO. The highest BCUT2D eigenvalue weighted by atomic mass is 35.5. The van der Waals surface area contributed by atoms with Gasteiger partial charge in [0.2, 0.25) is 0 Å². The highest BCUT2D eigenvalue weighted by Crippen LogP contribution is 2.21. The molecule has 0 atom stereocenters. The molecule has 16 heavy (non-hydrogen) atoms. The number of furan rings is 1. The Hall–Kier alpha value is -0.470. The maximum absolute atomic E-state index is 5.00. The van der Waals surface area contributed by atoms with Gasteiger partial charge < -0.3 is 9.73 Å². The van der Waals surface area contributed by atoms with Gasteiger partial charge in [-0.25, -0.2) is 0 Å². The molecule has 0 aliphatic carbocycles. The smallest absolute Gasteiger partial charge is 0.0947 e. The normalized spacial score (nSPS) is 11.2. The molecule has 0 aliphatic heterocycles. The summed E-state index contributed by atoms with van der Waals surface area (Å²) in [6.07, 6.45) is 7.39. The van der Waals surface area contributed by atoms with Gasteiger partial charge in [-0.2, -0.15) is 0 Å². The summed E-state index contributed by atoms with van der Waals surface area (Å²) in [5, 5.41) is 3.41. The summed E-state index contributed by atoms with van der Waals surface area (Å²) >= 11 is 0. The molecule has 0 amide bonds. The Bertz CT molecular complexity index is 251. The van der Waals surface area contributed by atoms with Crippen LogP contribution in [0.2, 0.25) is 0 Å². The van der Waals surface area contributed by atoms with Crippen LogP contribution in [0.15, 0.2) is 23.0 Å². The van der Waals surface area contributed by atoms with Crippen molar-refractivity contribution >= 4 is 12.4 Å². The van der Waals surface area contributed by atoms with Gasteiger partial charge in [0.1, 0.15) is 0 Å². The Morgan fingerprint density at radius 2 is 2.00 bits per heavy atom. The molecule has 3 heteroatoms. The van der Waals surface area contributed by atoms with Gasteiger partial charge in [0.25, 0.3) is 0 Å². The van der Waals surface area contributed by atoms with E-state index in [4.69, 9.17) is 4.42 Å². The number of hydrogen-bond donors (Lipinski definition) is 1. The van der Waals surface area contributed by atoms with Crippen molar-refractivity contribution in [3.8, 4) is 0 Å². The lowest BCUT2D eigenvalue weighted by molar-refractivity contribution is 0.358. The molecule has 0 saturated carbocycles. The minimum absolute atomic E-state index is 0. The lowest BCUT2D eigenvalue weighted by Crippen LogP contribution is -2.15. The van der Waals surface area contributed by atoms with Gasteiger partial charge in [0.05, 0.1) is 12.5 Å². The third kappa shape index (κ3) is 7.77. The molecule has 0 saturated heterocycles. The van der Waals surface area contributed by atoms with Crippen molar-refractivity contribution in [2.75, 3.05) is 6.54 Å². The molecule has 94 valence electrons. The standard InChI is InChI=1S/C13H23NO.ClH/c1-13(2,3)7-4-5-8-14-10-12-6-9-15-11-12;/h6,9,11,14H,4-5,7-8,10H2,1-3H3;1H. The molecule has 1 aromatic rings. The Morgan fingerprint density at radius 3 is 2.56 bits per heavy atom. The predicted octanol–water partition coefficient (Wildman–Crippen LogP) is 4.01. The second kappa shape index (κ2) is 7.75. The van der Waals surface area contributed by atoms with Crippen molar-refractivity contribution < 1.29 is 4.42 Å². The SMILES string of the molecule is CC(C)(C)CCCCNCc1ccoc1.Cl. The van der Waals surface area contributed by atoms with E-state index in [2.05, 4.69) is 26.1 Å². The maximum Gasteiger partial charge on any atom is 0.0947 e. The lowest BCUT2D eigenvalue weighted by atomic mass is 9.90. The number of unbranched alkanes of at least 4 members (excludes halogenated alkanes) is 1. The topological polar surface area (TPSA) is 25.2 Å². The van der Waals surface area contributed by atoms with Crippen LogP contribution in [0, 0.1) is 5.41 Å². The molecular weight excluding hydrogens is 222 g/mol. The van der Waals surface area contributed by atoms with Crippen molar-refractivity contribution in [2.45, 2.75) is 46.6 Å². The summed E-state index contributed by atoms with van der Waals surface area (Å²) < 4.78 is 5.00. The monoisotopic (exact) mass is 245 g/mol. The van der Waals surface area contributed by atoms with Crippen molar-refractivity contribution in [1.29, 1.82) is 0 Å². The van der Waals surface area contributed by atoms with Crippen molar-refractivity contribution in [2.24, 2.45) is 5.41 Å². The molecule has 1 heterocycles. The van der Waals surface area contributed by atoms with E-state index in [-0.39, 0.29) is 12.4 Å². The summed E-state index contributed by atoms with van der Waals surface area (Å²) in [7, 11) is 0. The predicted molar refractivity (Wildman–Crippen MR) is 71.0 cm³/mol. The van der Waals surface area contributed by atoms with Crippen LogP contribution in [0.3, 0.4) is 0 Å². The largest absolute Gasteiger partial charge is 0.472 e. The van der Waals surface area contributed by atoms with E-state index in [1.54, 1.807) is 12.5 Å². The first-order chi connectivity index (χ1) is 7.08. The van der Waals surface area contributed by atoms with Gasteiger partial charge >= 0.3 is 0 Å². The molecule has 0 radical (unpaired) electrons.